The van der Waals surface area contributed by atoms with Gasteiger partial charge in [-0.3, -0.25) is 0 Å². The molecule has 23 heavy (non-hydrogen) atoms. The van der Waals surface area contributed by atoms with Crippen LogP contribution in [0.2, 0.25) is 0 Å². The van der Waals surface area contributed by atoms with Gasteiger partial charge in [0.05, 0.1) is 12.7 Å². The Labute approximate surface area is 140 Å². The van der Waals surface area contributed by atoms with Gasteiger partial charge in [0.25, 0.3) is 0 Å². The molecule has 0 amide bonds. The monoisotopic (exact) mass is 327 g/mol. The molecule has 1 aliphatic carbocycles. The number of nitrogens with zero attached hydrogens (tertiary/aromatic N) is 1. The summed E-state index contributed by atoms with van der Waals surface area (Å²) in [6, 6.07) is 0. The van der Waals surface area contributed by atoms with Gasteiger partial charge in [0.15, 0.2) is 12.0 Å². The van der Waals surface area contributed by atoms with E-state index in [9.17, 15) is 10.2 Å². The van der Waals surface area contributed by atoms with Crippen LogP contribution in [-0.2, 0) is 9.47 Å². The van der Waals surface area contributed by atoms with Gasteiger partial charge in [-0.05, 0) is 37.3 Å². The fraction of sp³-hybridized carbons (Fsp3) is 0.889. The van der Waals surface area contributed by atoms with Gasteiger partial charge in [-0.15, -0.1) is 0 Å². The van der Waals surface area contributed by atoms with Crippen LogP contribution in [0.25, 0.3) is 0 Å². The molecule has 2 aliphatic rings. The second-order valence-corrected chi connectivity index (χ2v) is 8.16. The highest BCUT2D eigenvalue weighted by atomic mass is 16.7. The third kappa shape index (κ3) is 4.47. The summed E-state index contributed by atoms with van der Waals surface area (Å²) in [5.41, 5.74) is 0.316. The molecule has 0 aromatic rings. The topological polar surface area (TPSA) is 62.2 Å². The number of rotatable bonds is 5. The third-order valence-corrected chi connectivity index (χ3v) is 5.23. The maximum Gasteiger partial charge on any atom is 0.169 e. The number of aliphatic hydroxyl groups is 2. The standard InChI is InChI=1S/C18H33NO4/c1-6-19(11-13(2)20)16(21)15-12-22-18(23-15)9-7-14(8-10-18)17(3,4)5/h6,13-16,20-21H,1,7-12H2,2-5H3. The molecule has 3 unspecified atom stereocenters. The Hall–Kier alpha value is -0.620. The first kappa shape index (κ1) is 18.7. The molecule has 1 saturated heterocycles. The van der Waals surface area contributed by atoms with Crippen LogP contribution >= 0.6 is 0 Å². The van der Waals surface area contributed by atoms with Crippen LogP contribution in [0.4, 0.5) is 0 Å². The minimum atomic E-state index is -0.846. The first-order chi connectivity index (χ1) is 10.7. The molecule has 1 heterocycles. The zero-order chi connectivity index (χ0) is 17.3. The fourth-order valence-electron chi connectivity index (χ4n) is 3.72. The lowest BCUT2D eigenvalue weighted by Crippen LogP contribution is -2.46. The van der Waals surface area contributed by atoms with Gasteiger partial charge in [-0.2, -0.15) is 0 Å². The molecule has 0 aromatic heterocycles. The van der Waals surface area contributed by atoms with Crippen LogP contribution < -0.4 is 0 Å². The smallest absolute Gasteiger partial charge is 0.169 e. The molecule has 0 radical (unpaired) electrons. The van der Waals surface area contributed by atoms with E-state index >= 15 is 0 Å². The maximum atomic E-state index is 10.5. The van der Waals surface area contributed by atoms with E-state index in [1.165, 1.54) is 0 Å². The van der Waals surface area contributed by atoms with Crippen molar-refractivity contribution >= 4 is 0 Å². The summed E-state index contributed by atoms with van der Waals surface area (Å²) in [6.07, 6.45) is 3.69. The lowest BCUT2D eigenvalue weighted by Gasteiger charge is -2.41. The second-order valence-electron chi connectivity index (χ2n) is 8.16. The van der Waals surface area contributed by atoms with E-state index in [1.54, 1.807) is 18.0 Å². The Morgan fingerprint density at radius 2 is 1.91 bits per heavy atom. The predicted molar refractivity (Wildman–Crippen MR) is 89.6 cm³/mol. The molecule has 1 aliphatic heterocycles. The number of ether oxygens (including phenoxy) is 2. The third-order valence-electron chi connectivity index (χ3n) is 5.23. The summed E-state index contributed by atoms with van der Waals surface area (Å²) in [6.45, 7) is 13.0. The van der Waals surface area contributed by atoms with Crippen molar-refractivity contribution < 1.29 is 19.7 Å². The largest absolute Gasteiger partial charge is 0.392 e. The Kier molecular flexibility index (Phi) is 5.77. The Morgan fingerprint density at radius 1 is 1.30 bits per heavy atom. The summed E-state index contributed by atoms with van der Waals surface area (Å²) in [5.74, 6) is 0.148. The zero-order valence-corrected chi connectivity index (χ0v) is 15.0. The van der Waals surface area contributed by atoms with Crippen LogP contribution in [0, 0.1) is 11.3 Å². The van der Waals surface area contributed by atoms with Crippen LogP contribution in [-0.4, -0.2) is 52.5 Å². The summed E-state index contributed by atoms with van der Waals surface area (Å²) < 4.78 is 12.1. The maximum absolute atomic E-state index is 10.5. The molecule has 0 bridgehead atoms. The van der Waals surface area contributed by atoms with Crippen molar-refractivity contribution in [2.24, 2.45) is 11.3 Å². The first-order valence-corrected chi connectivity index (χ1v) is 8.73. The van der Waals surface area contributed by atoms with Gasteiger partial charge in [0, 0.05) is 19.4 Å². The van der Waals surface area contributed by atoms with E-state index < -0.39 is 24.2 Å². The van der Waals surface area contributed by atoms with E-state index in [1.807, 2.05) is 0 Å². The van der Waals surface area contributed by atoms with Crippen LogP contribution in [0.15, 0.2) is 12.8 Å². The molecule has 3 atom stereocenters. The lowest BCUT2D eigenvalue weighted by molar-refractivity contribution is -0.211. The molecule has 2 N–H and O–H groups in total. The van der Waals surface area contributed by atoms with Crippen LogP contribution in [0.1, 0.15) is 53.4 Å². The number of hydrogen-bond donors (Lipinski definition) is 2. The lowest BCUT2D eigenvalue weighted by atomic mass is 9.71. The fourth-order valence-corrected chi connectivity index (χ4v) is 3.72. The highest BCUT2D eigenvalue weighted by Gasteiger charge is 2.48. The van der Waals surface area contributed by atoms with E-state index in [0.29, 0.717) is 24.5 Å². The van der Waals surface area contributed by atoms with Crippen molar-refractivity contribution in [1.82, 2.24) is 4.90 Å². The van der Waals surface area contributed by atoms with Crippen LogP contribution in [0.3, 0.4) is 0 Å². The summed E-state index contributed by atoms with van der Waals surface area (Å²) in [4.78, 5) is 1.61. The Balaban J connectivity index is 1.92. The molecule has 5 nitrogen and oxygen atoms in total. The average molecular weight is 327 g/mol. The Bertz CT molecular complexity index is 396. The molecule has 2 rings (SSSR count). The molecular formula is C18H33NO4. The Morgan fingerprint density at radius 3 is 2.39 bits per heavy atom. The van der Waals surface area contributed by atoms with Crippen molar-refractivity contribution in [3.63, 3.8) is 0 Å². The minimum Gasteiger partial charge on any atom is -0.392 e. The van der Waals surface area contributed by atoms with Crippen LogP contribution in [0.5, 0.6) is 0 Å². The van der Waals surface area contributed by atoms with Gasteiger partial charge in [0.1, 0.15) is 6.10 Å². The zero-order valence-electron chi connectivity index (χ0n) is 15.0. The highest BCUT2D eigenvalue weighted by molar-refractivity contribution is 4.91. The van der Waals surface area contributed by atoms with Crippen molar-refractivity contribution in [3.05, 3.63) is 12.8 Å². The van der Waals surface area contributed by atoms with Gasteiger partial charge >= 0.3 is 0 Å². The molecule has 5 heteroatoms. The second kappa shape index (κ2) is 7.09. The molecule has 0 aromatic carbocycles. The number of hydrogen-bond acceptors (Lipinski definition) is 5. The van der Waals surface area contributed by atoms with E-state index in [4.69, 9.17) is 9.47 Å². The van der Waals surface area contributed by atoms with E-state index in [0.717, 1.165) is 25.7 Å². The summed E-state index contributed by atoms with van der Waals surface area (Å²) in [7, 11) is 0. The predicted octanol–water partition coefficient (Wildman–Crippen LogP) is 2.48. The summed E-state index contributed by atoms with van der Waals surface area (Å²) in [5, 5.41) is 20.0. The quantitative estimate of drug-likeness (QED) is 0.760. The van der Waals surface area contributed by atoms with Gasteiger partial charge in [-0.25, -0.2) is 0 Å². The number of aliphatic hydroxyl groups excluding tert-OH is 2. The van der Waals surface area contributed by atoms with Crippen molar-refractivity contribution in [2.45, 2.75) is 77.6 Å². The van der Waals surface area contributed by atoms with E-state index in [-0.39, 0.29) is 0 Å². The SMILES string of the molecule is C=CN(CC(C)O)C(O)C1COC2(CCC(C(C)(C)C)CC2)O1. The van der Waals surface area contributed by atoms with Crippen molar-refractivity contribution in [1.29, 1.82) is 0 Å². The molecule has 2 fully saturated rings. The minimum absolute atomic E-state index is 0.316. The summed E-state index contributed by atoms with van der Waals surface area (Å²) >= 11 is 0. The average Bonchev–Trinajstić information content (AvgIpc) is 2.87. The molecular weight excluding hydrogens is 294 g/mol. The molecule has 134 valence electrons. The van der Waals surface area contributed by atoms with Crippen molar-refractivity contribution in [3.8, 4) is 0 Å². The van der Waals surface area contributed by atoms with Crippen molar-refractivity contribution in [2.75, 3.05) is 13.2 Å². The first-order valence-electron chi connectivity index (χ1n) is 8.73. The highest BCUT2D eigenvalue weighted by Crippen LogP contribution is 2.46. The van der Waals surface area contributed by atoms with Gasteiger partial charge in [-0.1, -0.05) is 27.4 Å². The van der Waals surface area contributed by atoms with E-state index in [2.05, 4.69) is 27.4 Å². The van der Waals surface area contributed by atoms with Gasteiger partial charge < -0.3 is 24.6 Å². The van der Waals surface area contributed by atoms with Gasteiger partial charge in [0.2, 0.25) is 0 Å². The normalized spacial score (nSPS) is 34.3. The molecule has 1 saturated carbocycles. The molecule has 1 spiro atoms.